The Hall–Kier alpha value is -3.64. The zero-order valence-corrected chi connectivity index (χ0v) is 17.9. The molecule has 0 aliphatic heterocycles. The van der Waals surface area contributed by atoms with Gasteiger partial charge in [-0.05, 0) is 61.4 Å². The molecule has 3 aromatic rings. The average Bonchev–Trinajstić information content (AvgIpc) is 2.75. The van der Waals surface area contributed by atoms with E-state index in [0.29, 0.717) is 27.6 Å². The molecule has 6 nitrogen and oxygen atoms in total. The van der Waals surface area contributed by atoms with Gasteiger partial charge in [-0.2, -0.15) is 5.10 Å². The van der Waals surface area contributed by atoms with Crippen molar-refractivity contribution < 1.29 is 14.3 Å². The smallest absolute Gasteiger partial charge is 0.271 e. The zero-order valence-electron chi connectivity index (χ0n) is 17.2. The first-order valence-corrected chi connectivity index (χ1v) is 9.97. The molecule has 0 radical (unpaired) electrons. The van der Waals surface area contributed by atoms with E-state index in [4.69, 9.17) is 16.3 Å². The molecule has 0 saturated heterocycles. The van der Waals surface area contributed by atoms with Crippen LogP contribution < -0.4 is 15.5 Å². The van der Waals surface area contributed by atoms with Gasteiger partial charge in [0.1, 0.15) is 5.75 Å². The molecule has 0 aromatic heterocycles. The third kappa shape index (κ3) is 6.69. The highest BCUT2D eigenvalue weighted by Crippen LogP contribution is 2.20. The van der Waals surface area contributed by atoms with Crippen LogP contribution in [-0.2, 0) is 4.79 Å². The average molecular weight is 436 g/mol. The fraction of sp³-hybridized carbons (Fsp3) is 0.125. The van der Waals surface area contributed by atoms with Crippen LogP contribution in [0.2, 0.25) is 5.02 Å². The van der Waals surface area contributed by atoms with E-state index in [0.717, 1.165) is 11.1 Å². The number of carbonyl (C=O) groups excluding carboxylic acids is 2. The lowest BCUT2D eigenvalue weighted by molar-refractivity contribution is -0.118. The number of nitrogens with zero attached hydrogens (tertiary/aromatic N) is 1. The topological polar surface area (TPSA) is 79.8 Å². The second kappa shape index (κ2) is 10.4. The summed E-state index contributed by atoms with van der Waals surface area (Å²) in [6, 6.07) is 19.5. The molecule has 2 amide bonds. The monoisotopic (exact) mass is 435 g/mol. The second-order valence-electron chi connectivity index (χ2n) is 6.94. The summed E-state index contributed by atoms with van der Waals surface area (Å²) in [7, 11) is 0. The van der Waals surface area contributed by atoms with Gasteiger partial charge in [-0.25, -0.2) is 5.43 Å². The van der Waals surface area contributed by atoms with Crippen molar-refractivity contribution in [3.05, 3.63) is 94.0 Å². The molecule has 0 fully saturated rings. The Morgan fingerprint density at radius 2 is 1.81 bits per heavy atom. The normalized spacial score (nSPS) is 10.7. The van der Waals surface area contributed by atoms with Gasteiger partial charge < -0.3 is 10.1 Å². The quantitative estimate of drug-likeness (QED) is 0.415. The number of anilines is 1. The number of benzene rings is 3. The molecule has 0 saturated carbocycles. The molecule has 0 unspecified atom stereocenters. The van der Waals surface area contributed by atoms with Gasteiger partial charge in [-0.15, -0.1) is 0 Å². The maximum Gasteiger partial charge on any atom is 0.271 e. The predicted molar refractivity (Wildman–Crippen MR) is 123 cm³/mol. The van der Waals surface area contributed by atoms with Crippen molar-refractivity contribution in [2.75, 3.05) is 11.9 Å². The van der Waals surface area contributed by atoms with Gasteiger partial charge in [0.15, 0.2) is 6.61 Å². The SMILES string of the molecule is Cc1ccc(C(=O)N/N=C/c2cccc(OCC(=O)Nc3ccc(C)c(Cl)c3)c2)cc1. The van der Waals surface area contributed by atoms with Crippen LogP contribution in [0.25, 0.3) is 0 Å². The van der Waals surface area contributed by atoms with Crippen LogP contribution in [-0.4, -0.2) is 24.6 Å². The number of carbonyl (C=O) groups is 2. The summed E-state index contributed by atoms with van der Waals surface area (Å²) in [6.07, 6.45) is 1.51. The Balaban J connectivity index is 1.51. The summed E-state index contributed by atoms with van der Waals surface area (Å²) in [4.78, 5) is 24.2. The summed E-state index contributed by atoms with van der Waals surface area (Å²) >= 11 is 6.07. The molecular formula is C24H22ClN3O3. The van der Waals surface area contributed by atoms with Gasteiger partial charge in [0.2, 0.25) is 0 Å². The highest BCUT2D eigenvalue weighted by Gasteiger charge is 2.06. The maximum atomic E-state index is 12.1. The number of rotatable bonds is 7. The Bertz CT molecular complexity index is 1110. The first kappa shape index (κ1) is 22.1. The van der Waals surface area contributed by atoms with E-state index in [9.17, 15) is 9.59 Å². The highest BCUT2D eigenvalue weighted by molar-refractivity contribution is 6.31. The van der Waals surface area contributed by atoms with Gasteiger partial charge in [0, 0.05) is 16.3 Å². The van der Waals surface area contributed by atoms with E-state index in [1.54, 1.807) is 42.5 Å². The fourth-order valence-corrected chi connectivity index (χ4v) is 2.82. The molecule has 0 bridgehead atoms. The van der Waals surface area contributed by atoms with Crippen molar-refractivity contribution in [3.8, 4) is 5.75 Å². The van der Waals surface area contributed by atoms with Crippen LogP contribution in [0.15, 0.2) is 71.8 Å². The Labute approximate surface area is 185 Å². The summed E-state index contributed by atoms with van der Waals surface area (Å²) in [5.74, 6) is -0.0909. The van der Waals surface area contributed by atoms with Crippen molar-refractivity contribution in [3.63, 3.8) is 0 Å². The molecule has 158 valence electrons. The van der Waals surface area contributed by atoms with Crippen molar-refractivity contribution >= 4 is 35.3 Å². The number of aryl methyl sites for hydroxylation is 2. The fourth-order valence-electron chi connectivity index (χ4n) is 2.64. The van der Waals surface area contributed by atoms with E-state index < -0.39 is 0 Å². The molecule has 0 aliphatic carbocycles. The molecule has 3 rings (SSSR count). The molecule has 0 heterocycles. The lowest BCUT2D eigenvalue weighted by atomic mass is 10.1. The molecule has 3 aromatic carbocycles. The van der Waals surface area contributed by atoms with Crippen LogP contribution in [0.1, 0.15) is 27.0 Å². The van der Waals surface area contributed by atoms with Crippen molar-refractivity contribution in [1.29, 1.82) is 0 Å². The van der Waals surface area contributed by atoms with Crippen LogP contribution in [0, 0.1) is 13.8 Å². The van der Waals surface area contributed by atoms with E-state index in [1.165, 1.54) is 6.21 Å². The Morgan fingerprint density at radius 3 is 2.55 bits per heavy atom. The number of halogens is 1. The summed E-state index contributed by atoms with van der Waals surface area (Å²) < 4.78 is 5.55. The van der Waals surface area contributed by atoms with Crippen molar-refractivity contribution in [2.24, 2.45) is 5.10 Å². The first-order valence-electron chi connectivity index (χ1n) is 9.59. The largest absolute Gasteiger partial charge is 0.484 e. The van der Waals surface area contributed by atoms with E-state index in [1.807, 2.05) is 38.1 Å². The van der Waals surface area contributed by atoms with Crippen molar-refractivity contribution in [2.45, 2.75) is 13.8 Å². The number of ether oxygens (including phenoxy) is 1. The van der Waals surface area contributed by atoms with Crippen LogP contribution in [0.3, 0.4) is 0 Å². The van der Waals surface area contributed by atoms with Gasteiger partial charge in [-0.3, -0.25) is 9.59 Å². The summed E-state index contributed by atoms with van der Waals surface area (Å²) in [5, 5.41) is 7.30. The highest BCUT2D eigenvalue weighted by atomic mass is 35.5. The van der Waals surface area contributed by atoms with Gasteiger partial charge in [-0.1, -0.05) is 47.5 Å². The predicted octanol–water partition coefficient (Wildman–Crippen LogP) is 4.74. The molecule has 0 atom stereocenters. The van der Waals surface area contributed by atoms with E-state index in [-0.39, 0.29) is 18.4 Å². The minimum absolute atomic E-state index is 0.156. The molecule has 7 heteroatoms. The Morgan fingerprint density at radius 1 is 1.03 bits per heavy atom. The lowest BCUT2D eigenvalue weighted by Gasteiger charge is -2.09. The van der Waals surface area contributed by atoms with E-state index in [2.05, 4.69) is 15.8 Å². The maximum absolute atomic E-state index is 12.1. The molecule has 0 aliphatic rings. The van der Waals surface area contributed by atoms with Crippen LogP contribution in [0.4, 0.5) is 5.69 Å². The number of hydrogen-bond acceptors (Lipinski definition) is 4. The van der Waals surface area contributed by atoms with E-state index >= 15 is 0 Å². The minimum atomic E-state index is -0.302. The van der Waals surface area contributed by atoms with Crippen molar-refractivity contribution in [1.82, 2.24) is 5.43 Å². The van der Waals surface area contributed by atoms with Gasteiger partial charge in [0.05, 0.1) is 6.21 Å². The third-order valence-electron chi connectivity index (χ3n) is 4.38. The van der Waals surface area contributed by atoms with Crippen LogP contribution in [0.5, 0.6) is 5.75 Å². The number of amides is 2. The lowest BCUT2D eigenvalue weighted by Crippen LogP contribution is -2.20. The Kier molecular flexibility index (Phi) is 7.40. The molecule has 0 spiro atoms. The zero-order chi connectivity index (χ0) is 22.2. The second-order valence-corrected chi connectivity index (χ2v) is 7.35. The number of nitrogens with one attached hydrogen (secondary N) is 2. The first-order chi connectivity index (χ1) is 14.9. The molecule has 31 heavy (non-hydrogen) atoms. The van der Waals surface area contributed by atoms with Gasteiger partial charge >= 0.3 is 0 Å². The third-order valence-corrected chi connectivity index (χ3v) is 4.78. The standard InChI is InChI=1S/C24H22ClN3O3/c1-16-6-9-19(10-7-16)24(30)28-26-14-18-4-3-5-21(12-18)31-15-23(29)27-20-11-8-17(2)22(25)13-20/h3-14H,15H2,1-2H3,(H,27,29)(H,28,30)/b26-14+. The molecular weight excluding hydrogens is 414 g/mol. The molecule has 2 N–H and O–H groups in total. The number of hydrazone groups is 1. The minimum Gasteiger partial charge on any atom is -0.484 e. The van der Waals surface area contributed by atoms with Crippen LogP contribution >= 0.6 is 11.6 Å². The summed E-state index contributed by atoms with van der Waals surface area (Å²) in [6.45, 7) is 3.69. The van der Waals surface area contributed by atoms with Gasteiger partial charge in [0.25, 0.3) is 11.8 Å². The summed E-state index contributed by atoms with van der Waals surface area (Å²) in [5.41, 5.74) is 6.35. The number of hydrogen-bond donors (Lipinski definition) is 2.